The molecule has 0 fully saturated rings. The van der Waals surface area contributed by atoms with Gasteiger partial charge in [0.2, 0.25) is 16.0 Å². The summed E-state index contributed by atoms with van der Waals surface area (Å²) in [6, 6.07) is -0.0385. The molecular formula is C12H22N4O2S. The standard InChI is InChI=1S/C12H22N4O2S/c1-4-7-10(5-2)16-19(17,18)11-8-14-12(13-6-3)15-9-11/h8-10,16H,4-7H2,1-3H3,(H,13,14,15). The second kappa shape index (κ2) is 7.40. The molecule has 2 N–H and O–H groups in total. The van der Waals surface area contributed by atoms with E-state index in [9.17, 15) is 8.42 Å². The molecule has 19 heavy (non-hydrogen) atoms. The van der Waals surface area contributed by atoms with Crippen molar-refractivity contribution in [2.75, 3.05) is 11.9 Å². The minimum Gasteiger partial charge on any atom is -0.355 e. The molecule has 0 aliphatic carbocycles. The fourth-order valence-electron chi connectivity index (χ4n) is 1.69. The highest BCUT2D eigenvalue weighted by Crippen LogP contribution is 2.11. The van der Waals surface area contributed by atoms with Crippen molar-refractivity contribution in [3.8, 4) is 0 Å². The number of nitrogens with one attached hydrogen (secondary N) is 2. The molecule has 0 radical (unpaired) electrons. The van der Waals surface area contributed by atoms with Crippen molar-refractivity contribution in [1.29, 1.82) is 0 Å². The fourth-order valence-corrected chi connectivity index (χ4v) is 2.93. The molecular weight excluding hydrogens is 264 g/mol. The van der Waals surface area contributed by atoms with E-state index in [1.54, 1.807) is 0 Å². The monoisotopic (exact) mass is 286 g/mol. The van der Waals surface area contributed by atoms with E-state index in [2.05, 4.69) is 20.0 Å². The van der Waals surface area contributed by atoms with Gasteiger partial charge in [0, 0.05) is 12.6 Å². The Morgan fingerprint density at radius 1 is 1.21 bits per heavy atom. The Labute approximate surface area is 115 Å². The number of nitrogens with zero attached hydrogens (tertiary/aromatic N) is 2. The first-order valence-electron chi connectivity index (χ1n) is 6.61. The fraction of sp³-hybridized carbons (Fsp3) is 0.667. The number of aromatic nitrogens is 2. The van der Waals surface area contributed by atoms with Crippen LogP contribution in [0.3, 0.4) is 0 Å². The van der Waals surface area contributed by atoms with Gasteiger partial charge in [0.05, 0.1) is 12.4 Å². The van der Waals surface area contributed by atoms with Crippen LogP contribution in [0.15, 0.2) is 17.3 Å². The second-order valence-corrected chi connectivity index (χ2v) is 6.00. The lowest BCUT2D eigenvalue weighted by Crippen LogP contribution is -2.34. The van der Waals surface area contributed by atoms with Gasteiger partial charge in [0.1, 0.15) is 4.90 Å². The Bertz CT molecular complexity index is 473. The van der Waals surface area contributed by atoms with Gasteiger partial charge in [-0.05, 0) is 19.8 Å². The van der Waals surface area contributed by atoms with Crippen LogP contribution >= 0.6 is 0 Å². The third-order valence-electron chi connectivity index (χ3n) is 2.73. The maximum atomic E-state index is 12.1. The minimum absolute atomic E-state index is 0.0385. The average molecular weight is 286 g/mol. The van der Waals surface area contributed by atoms with Crippen LogP contribution in [0.1, 0.15) is 40.0 Å². The minimum atomic E-state index is -3.53. The van der Waals surface area contributed by atoms with E-state index >= 15 is 0 Å². The summed E-state index contributed by atoms with van der Waals surface area (Å²) in [7, 11) is -3.53. The maximum Gasteiger partial charge on any atom is 0.243 e. The molecule has 1 heterocycles. The summed E-state index contributed by atoms with van der Waals surface area (Å²) in [6.45, 7) is 6.61. The SMILES string of the molecule is CCCC(CC)NS(=O)(=O)c1cnc(NCC)nc1. The topological polar surface area (TPSA) is 84.0 Å². The first-order chi connectivity index (χ1) is 9.03. The zero-order valence-electron chi connectivity index (χ0n) is 11.7. The Morgan fingerprint density at radius 2 is 1.84 bits per heavy atom. The highest BCUT2D eigenvalue weighted by Gasteiger charge is 2.19. The van der Waals surface area contributed by atoms with E-state index in [1.807, 2.05) is 20.8 Å². The number of anilines is 1. The molecule has 0 amide bonds. The molecule has 0 saturated carbocycles. The summed E-state index contributed by atoms with van der Waals surface area (Å²) in [4.78, 5) is 8.05. The van der Waals surface area contributed by atoms with Crippen LogP contribution < -0.4 is 10.0 Å². The van der Waals surface area contributed by atoms with E-state index < -0.39 is 10.0 Å². The van der Waals surface area contributed by atoms with E-state index in [0.29, 0.717) is 12.5 Å². The summed E-state index contributed by atoms with van der Waals surface area (Å²) < 4.78 is 27.0. The van der Waals surface area contributed by atoms with E-state index in [0.717, 1.165) is 19.3 Å². The van der Waals surface area contributed by atoms with Crippen molar-refractivity contribution in [2.45, 2.75) is 51.0 Å². The van der Waals surface area contributed by atoms with Crippen LogP contribution in [-0.2, 0) is 10.0 Å². The summed E-state index contributed by atoms with van der Waals surface area (Å²) >= 11 is 0. The van der Waals surface area contributed by atoms with Gasteiger partial charge in [0.25, 0.3) is 0 Å². The van der Waals surface area contributed by atoms with Crippen LogP contribution in [0.25, 0.3) is 0 Å². The number of sulfonamides is 1. The van der Waals surface area contributed by atoms with Gasteiger partial charge in [-0.1, -0.05) is 20.3 Å². The van der Waals surface area contributed by atoms with Crippen molar-refractivity contribution in [3.05, 3.63) is 12.4 Å². The molecule has 1 unspecified atom stereocenters. The molecule has 1 atom stereocenters. The highest BCUT2D eigenvalue weighted by atomic mass is 32.2. The largest absolute Gasteiger partial charge is 0.355 e. The van der Waals surface area contributed by atoms with Gasteiger partial charge < -0.3 is 5.32 Å². The molecule has 1 aromatic heterocycles. The number of rotatable bonds is 8. The lowest BCUT2D eigenvalue weighted by atomic mass is 10.1. The van der Waals surface area contributed by atoms with E-state index in [4.69, 9.17) is 0 Å². The molecule has 0 spiro atoms. The quantitative estimate of drug-likeness (QED) is 0.761. The summed E-state index contributed by atoms with van der Waals surface area (Å²) in [5.74, 6) is 0.432. The zero-order chi connectivity index (χ0) is 14.3. The van der Waals surface area contributed by atoms with Crippen LogP contribution in [0.2, 0.25) is 0 Å². The van der Waals surface area contributed by atoms with Crippen LogP contribution in [0, 0.1) is 0 Å². The Kier molecular flexibility index (Phi) is 6.17. The molecule has 1 rings (SSSR count). The molecule has 0 bridgehead atoms. The predicted molar refractivity (Wildman–Crippen MR) is 75.5 cm³/mol. The Balaban J connectivity index is 2.81. The van der Waals surface area contributed by atoms with Crippen molar-refractivity contribution in [2.24, 2.45) is 0 Å². The lowest BCUT2D eigenvalue weighted by Gasteiger charge is -2.15. The highest BCUT2D eigenvalue weighted by molar-refractivity contribution is 7.89. The number of hydrogen-bond donors (Lipinski definition) is 2. The molecule has 6 nitrogen and oxygen atoms in total. The molecule has 0 aliphatic rings. The van der Waals surface area contributed by atoms with Gasteiger partial charge in [0.15, 0.2) is 0 Å². The van der Waals surface area contributed by atoms with Crippen LogP contribution in [-0.4, -0.2) is 31.0 Å². The summed E-state index contributed by atoms with van der Waals surface area (Å²) in [6.07, 6.45) is 5.18. The molecule has 0 saturated heterocycles. The average Bonchev–Trinajstić information content (AvgIpc) is 2.39. The van der Waals surface area contributed by atoms with Gasteiger partial charge >= 0.3 is 0 Å². The molecule has 0 aliphatic heterocycles. The molecule has 0 aromatic carbocycles. The van der Waals surface area contributed by atoms with Gasteiger partial charge in [-0.25, -0.2) is 23.1 Å². The maximum absolute atomic E-state index is 12.1. The summed E-state index contributed by atoms with van der Waals surface area (Å²) in [5, 5.41) is 2.92. The summed E-state index contributed by atoms with van der Waals surface area (Å²) in [5.41, 5.74) is 0. The third kappa shape index (κ3) is 4.76. The third-order valence-corrected chi connectivity index (χ3v) is 4.20. The Hall–Kier alpha value is -1.21. The van der Waals surface area contributed by atoms with E-state index in [1.165, 1.54) is 12.4 Å². The second-order valence-electron chi connectivity index (χ2n) is 4.29. The van der Waals surface area contributed by atoms with Crippen LogP contribution in [0.4, 0.5) is 5.95 Å². The van der Waals surface area contributed by atoms with Gasteiger partial charge in [-0.2, -0.15) is 0 Å². The first kappa shape index (κ1) is 15.8. The van der Waals surface area contributed by atoms with Gasteiger partial charge in [-0.15, -0.1) is 0 Å². The molecule has 1 aromatic rings. The van der Waals surface area contributed by atoms with Crippen LogP contribution in [0.5, 0.6) is 0 Å². The smallest absolute Gasteiger partial charge is 0.243 e. The number of hydrogen-bond acceptors (Lipinski definition) is 5. The van der Waals surface area contributed by atoms with Gasteiger partial charge in [-0.3, -0.25) is 0 Å². The molecule has 7 heteroatoms. The normalized spacial score (nSPS) is 13.2. The molecule has 108 valence electrons. The zero-order valence-corrected chi connectivity index (χ0v) is 12.5. The van der Waals surface area contributed by atoms with Crippen molar-refractivity contribution in [3.63, 3.8) is 0 Å². The van der Waals surface area contributed by atoms with Crippen molar-refractivity contribution >= 4 is 16.0 Å². The van der Waals surface area contributed by atoms with E-state index in [-0.39, 0.29) is 10.9 Å². The predicted octanol–water partition coefficient (Wildman–Crippen LogP) is 1.77. The van der Waals surface area contributed by atoms with Crippen molar-refractivity contribution in [1.82, 2.24) is 14.7 Å². The first-order valence-corrected chi connectivity index (χ1v) is 8.10. The Morgan fingerprint density at radius 3 is 2.32 bits per heavy atom. The van der Waals surface area contributed by atoms with Crippen molar-refractivity contribution < 1.29 is 8.42 Å². The lowest BCUT2D eigenvalue weighted by molar-refractivity contribution is 0.512.